The van der Waals surface area contributed by atoms with Crippen LogP contribution in [0, 0.1) is 0 Å². The van der Waals surface area contributed by atoms with E-state index in [0.717, 1.165) is 28.5 Å². The molecule has 1 aromatic heterocycles. The van der Waals surface area contributed by atoms with Crippen LogP contribution in [-0.2, 0) is 5.75 Å². The lowest BCUT2D eigenvalue weighted by Gasteiger charge is -2.46. The SMILES string of the molecule is CCCC(O)Oc1c2n(ccc1=O)N([C@H]1c3ccccc3CSc3ccccc31)CN([C@H](C)C(F)(F)F)C2=O. The van der Waals surface area contributed by atoms with E-state index in [4.69, 9.17) is 4.74 Å². The number of fused-ring (bicyclic) bond motifs is 3. The number of aliphatic hydroxyl groups excluding tert-OH is 1. The number of aliphatic hydroxyl groups is 1. The van der Waals surface area contributed by atoms with Crippen LogP contribution in [0.5, 0.6) is 5.75 Å². The summed E-state index contributed by atoms with van der Waals surface area (Å²) in [6.45, 7) is 2.33. The first-order valence-corrected chi connectivity index (χ1v) is 13.6. The number of benzene rings is 2. The number of amides is 1. The Balaban J connectivity index is 1.76. The summed E-state index contributed by atoms with van der Waals surface area (Å²) < 4.78 is 49.0. The number of nitrogens with zero attached hydrogens (tertiary/aromatic N) is 3. The van der Waals surface area contributed by atoms with Crippen LogP contribution in [0.25, 0.3) is 0 Å². The van der Waals surface area contributed by atoms with E-state index < -0.39 is 48.3 Å². The summed E-state index contributed by atoms with van der Waals surface area (Å²) in [6, 6.07) is 13.8. The smallest absolute Gasteiger partial charge is 0.408 e. The van der Waals surface area contributed by atoms with Gasteiger partial charge in [0.05, 0.1) is 6.04 Å². The summed E-state index contributed by atoms with van der Waals surface area (Å²) in [6.07, 6.45) is -4.02. The van der Waals surface area contributed by atoms with Gasteiger partial charge >= 0.3 is 6.18 Å². The van der Waals surface area contributed by atoms with Crippen LogP contribution in [0.1, 0.15) is 59.9 Å². The third-order valence-electron chi connectivity index (χ3n) is 7.05. The summed E-state index contributed by atoms with van der Waals surface area (Å²) in [4.78, 5) is 28.3. The van der Waals surface area contributed by atoms with Gasteiger partial charge in [0.2, 0.25) is 11.2 Å². The van der Waals surface area contributed by atoms with Crippen LogP contribution in [-0.4, -0.2) is 45.8 Å². The van der Waals surface area contributed by atoms with Gasteiger partial charge < -0.3 is 14.7 Å². The van der Waals surface area contributed by atoms with Gasteiger partial charge in [-0.05, 0) is 29.7 Å². The average molecular weight is 560 g/mol. The third kappa shape index (κ3) is 5.00. The molecule has 3 heterocycles. The molecule has 3 atom stereocenters. The molecular formula is C28H28F3N3O4S. The number of rotatable bonds is 6. The van der Waals surface area contributed by atoms with Gasteiger partial charge in [0.25, 0.3) is 5.91 Å². The molecule has 11 heteroatoms. The van der Waals surface area contributed by atoms with Crippen molar-refractivity contribution in [2.24, 2.45) is 0 Å². The number of thioether (sulfide) groups is 1. The Labute approximate surface area is 227 Å². The largest absolute Gasteiger partial charge is 0.459 e. The van der Waals surface area contributed by atoms with Crippen molar-refractivity contribution in [2.45, 2.75) is 61.9 Å². The molecule has 2 aromatic carbocycles. The van der Waals surface area contributed by atoms with E-state index in [1.54, 1.807) is 23.7 Å². The maximum atomic E-state index is 14.0. The fourth-order valence-electron chi connectivity index (χ4n) is 4.99. The van der Waals surface area contributed by atoms with Crippen molar-refractivity contribution in [1.29, 1.82) is 0 Å². The molecule has 7 nitrogen and oxygen atoms in total. The molecule has 1 amide bonds. The van der Waals surface area contributed by atoms with E-state index in [-0.39, 0.29) is 12.1 Å². The number of carbonyl (C=O) groups is 1. The van der Waals surface area contributed by atoms with Crippen molar-refractivity contribution < 1.29 is 27.8 Å². The van der Waals surface area contributed by atoms with Crippen LogP contribution in [0.2, 0.25) is 0 Å². The van der Waals surface area contributed by atoms with Crippen molar-refractivity contribution in [3.8, 4) is 5.75 Å². The van der Waals surface area contributed by atoms with Gasteiger partial charge in [-0.1, -0.05) is 55.8 Å². The second kappa shape index (κ2) is 10.6. The number of hydrogen-bond donors (Lipinski definition) is 1. The predicted molar refractivity (Wildman–Crippen MR) is 141 cm³/mol. The first kappa shape index (κ1) is 27.1. The molecule has 1 N–H and O–H groups in total. The summed E-state index contributed by atoms with van der Waals surface area (Å²) in [5, 5.41) is 12.0. The number of hydrogen-bond acceptors (Lipinski definition) is 6. The van der Waals surface area contributed by atoms with Gasteiger partial charge in [-0.2, -0.15) is 13.2 Å². The van der Waals surface area contributed by atoms with E-state index >= 15 is 0 Å². The molecule has 39 heavy (non-hydrogen) atoms. The molecule has 5 rings (SSSR count). The number of ether oxygens (including phenoxy) is 1. The van der Waals surface area contributed by atoms with Gasteiger partial charge in [-0.3, -0.25) is 19.3 Å². The van der Waals surface area contributed by atoms with E-state index in [9.17, 15) is 27.9 Å². The number of halogens is 3. The maximum absolute atomic E-state index is 14.0. The molecule has 0 bridgehead atoms. The number of pyridine rings is 1. The molecule has 0 fully saturated rings. The minimum absolute atomic E-state index is 0.176. The Bertz CT molecular complexity index is 1400. The van der Waals surface area contributed by atoms with Gasteiger partial charge in [-0.25, -0.2) is 0 Å². The van der Waals surface area contributed by atoms with E-state index in [1.807, 2.05) is 48.5 Å². The highest BCUT2D eigenvalue weighted by Gasteiger charge is 2.48. The zero-order valence-corrected chi connectivity index (χ0v) is 22.2. The fourth-order valence-corrected chi connectivity index (χ4v) is 6.09. The normalized spacial score (nSPS) is 18.5. The standard InChI is InChI=1S/C28H28F3N3O4S/c1-3-8-23(36)38-26-21(35)13-14-33-25(26)27(37)32(17(2)28(29,30)31)16-34(33)24-19-10-5-4-9-18(19)15-39-22-12-7-6-11-20(22)24/h4-7,9-14,17,23-24,36H,3,8,15-16H2,1-2H3/t17-,23?,24+/m1/s1. The topological polar surface area (TPSA) is 75.0 Å². The lowest BCUT2D eigenvalue weighted by atomic mass is 9.94. The van der Waals surface area contributed by atoms with E-state index in [0.29, 0.717) is 17.1 Å². The third-order valence-corrected chi connectivity index (χ3v) is 8.19. The van der Waals surface area contributed by atoms with Gasteiger partial charge in [-0.15, -0.1) is 11.8 Å². The lowest BCUT2D eigenvalue weighted by molar-refractivity contribution is -0.173. The highest BCUT2D eigenvalue weighted by Crippen LogP contribution is 2.43. The Morgan fingerprint density at radius 1 is 1.08 bits per heavy atom. The van der Waals surface area contributed by atoms with Crippen LogP contribution in [0.15, 0.2) is 70.5 Å². The molecule has 3 aromatic rings. The summed E-state index contributed by atoms with van der Waals surface area (Å²) in [7, 11) is 0. The van der Waals surface area contributed by atoms with Crippen molar-refractivity contribution >= 4 is 17.7 Å². The zero-order chi connectivity index (χ0) is 27.9. The summed E-state index contributed by atoms with van der Waals surface area (Å²) >= 11 is 1.63. The number of alkyl halides is 3. The van der Waals surface area contributed by atoms with Crippen molar-refractivity contribution in [2.75, 3.05) is 11.7 Å². The van der Waals surface area contributed by atoms with Crippen molar-refractivity contribution in [3.05, 3.63) is 93.4 Å². The molecular weight excluding hydrogens is 531 g/mol. The molecule has 0 spiro atoms. The van der Waals surface area contributed by atoms with E-state index in [2.05, 4.69) is 0 Å². The Morgan fingerprint density at radius 2 is 1.77 bits per heavy atom. The van der Waals surface area contributed by atoms with Crippen LogP contribution in [0.3, 0.4) is 0 Å². The molecule has 0 saturated heterocycles. The monoisotopic (exact) mass is 559 g/mol. The summed E-state index contributed by atoms with van der Waals surface area (Å²) in [5.74, 6) is -0.817. The lowest BCUT2D eigenvalue weighted by Crippen LogP contribution is -2.60. The molecule has 2 aliphatic heterocycles. The van der Waals surface area contributed by atoms with Crippen LogP contribution < -0.4 is 15.2 Å². The second-order valence-electron chi connectivity index (χ2n) is 9.56. The minimum Gasteiger partial charge on any atom is -0.459 e. The summed E-state index contributed by atoms with van der Waals surface area (Å²) in [5.41, 5.74) is 1.69. The molecule has 0 saturated carbocycles. The van der Waals surface area contributed by atoms with Gasteiger partial charge in [0.15, 0.2) is 12.0 Å². The zero-order valence-electron chi connectivity index (χ0n) is 21.4. The highest BCUT2D eigenvalue weighted by atomic mass is 32.2. The predicted octanol–water partition coefficient (Wildman–Crippen LogP) is 5.04. The second-order valence-corrected chi connectivity index (χ2v) is 10.6. The van der Waals surface area contributed by atoms with E-state index in [1.165, 1.54) is 16.9 Å². The quantitative estimate of drug-likeness (QED) is 0.427. The maximum Gasteiger partial charge on any atom is 0.408 e. The molecule has 1 unspecified atom stereocenters. The Hall–Kier alpha value is -3.44. The van der Waals surface area contributed by atoms with Gasteiger partial charge in [0, 0.05) is 29.3 Å². The molecule has 0 aliphatic carbocycles. The van der Waals surface area contributed by atoms with Crippen molar-refractivity contribution in [1.82, 2.24) is 9.58 Å². The van der Waals surface area contributed by atoms with Crippen LogP contribution >= 0.6 is 11.8 Å². The number of aromatic nitrogens is 1. The Kier molecular flexibility index (Phi) is 7.39. The van der Waals surface area contributed by atoms with Crippen molar-refractivity contribution in [3.63, 3.8) is 0 Å². The molecule has 2 aliphatic rings. The average Bonchev–Trinajstić information content (AvgIpc) is 3.07. The minimum atomic E-state index is -4.71. The fraction of sp³-hybridized carbons (Fsp3) is 0.357. The molecule has 0 radical (unpaired) electrons. The molecule has 206 valence electrons. The number of carbonyl (C=O) groups excluding carboxylic acids is 1. The van der Waals surface area contributed by atoms with Crippen LogP contribution in [0.4, 0.5) is 13.2 Å². The highest BCUT2D eigenvalue weighted by molar-refractivity contribution is 7.98. The Morgan fingerprint density at radius 3 is 2.49 bits per heavy atom. The first-order valence-electron chi connectivity index (χ1n) is 12.7. The first-order chi connectivity index (χ1) is 18.6. The van der Waals surface area contributed by atoms with Gasteiger partial charge in [0.1, 0.15) is 12.7 Å².